The molecule has 1 aliphatic heterocycles. The molecule has 4 rings (SSSR count). The van der Waals surface area contributed by atoms with Crippen molar-refractivity contribution in [1.82, 2.24) is 10.2 Å². The van der Waals surface area contributed by atoms with Gasteiger partial charge in [-0.15, -0.1) is 0 Å². The predicted octanol–water partition coefficient (Wildman–Crippen LogP) is 4.83. The van der Waals surface area contributed by atoms with E-state index in [0.29, 0.717) is 28.4 Å². The van der Waals surface area contributed by atoms with E-state index in [-0.39, 0.29) is 12.5 Å². The van der Waals surface area contributed by atoms with Gasteiger partial charge in [0.15, 0.2) is 0 Å². The van der Waals surface area contributed by atoms with Crippen molar-refractivity contribution in [2.45, 2.75) is 32.5 Å². The lowest BCUT2D eigenvalue weighted by molar-refractivity contribution is 0.0951. The van der Waals surface area contributed by atoms with Gasteiger partial charge >= 0.3 is 0 Å². The number of amides is 1. The molecule has 0 aliphatic carbocycles. The number of carbonyl (C=O) groups is 1. The zero-order valence-electron chi connectivity index (χ0n) is 19.8. The fourth-order valence-corrected chi connectivity index (χ4v) is 5.36. The minimum absolute atomic E-state index is 0.109. The third-order valence-electron chi connectivity index (χ3n) is 6.14. The van der Waals surface area contributed by atoms with Crippen LogP contribution in [0.4, 0.5) is 5.69 Å². The molecule has 0 saturated carbocycles. The molecule has 0 atom stereocenters. The molecular formula is C27H30ClN3O3S. The normalized spacial score (nSPS) is 14.1. The third-order valence-corrected chi connectivity index (χ3v) is 7.65. The van der Waals surface area contributed by atoms with Crippen LogP contribution in [-0.2, 0) is 29.7 Å². The van der Waals surface area contributed by atoms with Crippen molar-refractivity contribution in [1.29, 1.82) is 0 Å². The fraction of sp³-hybridized carbons (Fsp3) is 0.296. The second-order valence-electron chi connectivity index (χ2n) is 8.89. The third kappa shape index (κ3) is 6.84. The number of anilines is 1. The lowest BCUT2D eigenvalue weighted by Crippen LogP contribution is -2.29. The zero-order valence-corrected chi connectivity index (χ0v) is 21.4. The molecule has 1 N–H and O–H groups in total. The average molecular weight is 512 g/mol. The molecule has 35 heavy (non-hydrogen) atoms. The van der Waals surface area contributed by atoms with Gasteiger partial charge in [0.05, 0.1) is 18.5 Å². The number of carbonyl (C=O) groups excluding carboxylic acids is 1. The van der Waals surface area contributed by atoms with Crippen LogP contribution in [0, 0.1) is 0 Å². The van der Waals surface area contributed by atoms with Crippen molar-refractivity contribution < 1.29 is 13.2 Å². The Bertz CT molecular complexity index is 1270. The maximum atomic E-state index is 12.7. The number of hydrogen-bond acceptors (Lipinski definition) is 4. The monoisotopic (exact) mass is 511 g/mol. The van der Waals surface area contributed by atoms with E-state index in [1.54, 1.807) is 42.5 Å². The summed E-state index contributed by atoms with van der Waals surface area (Å²) in [7, 11) is -3.55. The van der Waals surface area contributed by atoms with Crippen molar-refractivity contribution in [2.75, 3.05) is 23.7 Å². The van der Waals surface area contributed by atoms with Gasteiger partial charge in [-0.25, -0.2) is 8.42 Å². The summed E-state index contributed by atoms with van der Waals surface area (Å²) in [5.41, 5.74) is 3.94. The Kier molecular flexibility index (Phi) is 8.11. The maximum Gasteiger partial charge on any atom is 0.251 e. The minimum Gasteiger partial charge on any atom is -0.348 e. The van der Waals surface area contributed by atoms with Crippen LogP contribution in [0.25, 0.3) is 0 Å². The maximum absolute atomic E-state index is 12.7. The quantitative estimate of drug-likeness (QED) is 0.446. The summed E-state index contributed by atoms with van der Waals surface area (Å²) in [6.45, 7) is 3.76. The Morgan fingerprint density at radius 2 is 1.66 bits per heavy atom. The predicted molar refractivity (Wildman–Crippen MR) is 141 cm³/mol. The van der Waals surface area contributed by atoms with Crippen molar-refractivity contribution >= 4 is 33.2 Å². The van der Waals surface area contributed by atoms with Crippen molar-refractivity contribution in [2.24, 2.45) is 0 Å². The largest absolute Gasteiger partial charge is 0.348 e. The van der Waals surface area contributed by atoms with Crippen LogP contribution >= 0.6 is 11.6 Å². The number of benzene rings is 3. The first kappa shape index (κ1) is 25.2. The van der Waals surface area contributed by atoms with Crippen molar-refractivity contribution in [3.05, 3.63) is 100 Å². The summed E-state index contributed by atoms with van der Waals surface area (Å²) < 4.78 is 26.2. The first-order valence-electron chi connectivity index (χ1n) is 11.7. The summed E-state index contributed by atoms with van der Waals surface area (Å²) in [6, 6.07) is 22.0. The van der Waals surface area contributed by atoms with Gasteiger partial charge in [-0.2, -0.15) is 0 Å². The van der Waals surface area contributed by atoms with E-state index in [9.17, 15) is 13.2 Å². The highest BCUT2D eigenvalue weighted by Gasteiger charge is 2.19. The van der Waals surface area contributed by atoms with Gasteiger partial charge in [0.1, 0.15) is 0 Å². The number of hydrogen-bond donors (Lipinski definition) is 1. The van der Waals surface area contributed by atoms with Crippen LogP contribution < -0.4 is 9.62 Å². The Labute approximate surface area is 212 Å². The van der Waals surface area contributed by atoms with Gasteiger partial charge in [0.25, 0.3) is 5.91 Å². The fourth-order valence-electron chi connectivity index (χ4n) is 4.28. The Morgan fingerprint density at radius 3 is 2.34 bits per heavy atom. The first-order valence-corrected chi connectivity index (χ1v) is 13.9. The van der Waals surface area contributed by atoms with Gasteiger partial charge in [0.2, 0.25) is 10.0 Å². The molecule has 0 unspecified atom stereocenters. The second kappa shape index (κ2) is 11.2. The molecule has 1 aliphatic rings. The molecule has 184 valence electrons. The zero-order chi connectivity index (χ0) is 24.8. The Morgan fingerprint density at radius 1 is 0.971 bits per heavy atom. The SMILES string of the molecule is CS(=O)(=O)N(Cc1ccccc1Cl)c1ccc(C(=O)NCc2cccc(CN3CCCC3)c2)cc1. The van der Waals surface area contributed by atoms with Crippen molar-refractivity contribution in [3.8, 4) is 0 Å². The molecule has 0 aromatic heterocycles. The number of rotatable bonds is 9. The highest BCUT2D eigenvalue weighted by atomic mass is 35.5. The topological polar surface area (TPSA) is 69.7 Å². The second-order valence-corrected chi connectivity index (χ2v) is 11.2. The van der Waals surface area contributed by atoms with E-state index in [2.05, 4.69) is 22.3 Å². The summed E-state index contributed by atoms with van der Waals surface area (Å²) in [4.78, 5) is 15.2. The van der Waals surface area contributed by atoms with E-state index in [0.717, 1.165) is 31.5 Å². The highest BCUT2D eigenvalue weighted by molar-refractivity contribution is 7.92. The van der Waals surface area contributed by atoms with Crippen LogP contribution in [0.2, 0.25) is 5.02 Å². The van der Waals surface area contributed by atoms with Gasteiger partial charge in [-0.3, -0.25) is 14.0 Å². The molecule has 1 fully saturated rings. The molecule has 1 saturated heterocycles. The highest BCUT2D eigenvalue weighted by Crippen LogP contribution is 2.24. The number of sulfonamides is 1. The van der Waals surface area contributed by atoms with E-state index >= 15 is 0 Å². The number of nitrogens with zero attached hydrogens (tertiary/aromatic N) is 2. The summed E-state index contributed by atoms with van der Waals surface area (Å²) >= 11 is 6.23. The van der Waals surface area contributed by atoms with E-state index in [1.807, 2.05) is 18.2 Å². The molecule has 0 bridgehead atoms. The molecule has 1 heterocycles. The lowest BCUT2D eigenvalue weighted by Gasteiger charge is -2.23. The Hall–Kier alpha value is -2.87. The standard InChI is InChI=1S/C27H30ClN3O3S/c1-35(33,34)31(20-24-9-2-3-10-26(24)28)25-13-11-23(12-14-25)27(32)29-18-21-7-6-8-22(17-21)19-30-15-4-5-16-30/h2-3,6-14,17H,4-5,15-16,18-20H2,1H3,(H,29,32). The molecule has 0 spiro atoms. The van der Waals surface area contributed by atoms with Crippen LogP contribution in [0.3, 0.4) is 0 Å². The number of likely N-dealkylation sites (tertiary alicyclic amines) is 1. The van der Waals surface area contributed by atoms with E-state index in [4.69, 9.17) is 11.6 Å². The van der Waals surface area contributed by atoms with Crippen LogP contribution in [0.5, 0.6) is 0 Å². The molecule has 1 amide bonds. The Balaban J connectivity index is 1.40. The number of nitrogens with one attached hydrogen (secondary N) is 1. The van der Waals surface area contributed by atoms with Gasteiger partial charge in [-0.05, 0) is 73.0 Å². The summed E-state index contributed by atoms with van der Waals surface area (Å²) in [5.74, 6) is -0.210. The van der Waals surface area contributed by atoms with Crippen LogP contribution in [0.15, 0.2) is 72.8 Å². The smallest absolute Gasteiger partial charge is 0.251 e. The van der Waals surface area contributed by atoms with Crippen LogP contribution in [0.1, 0.15) is 39.9 Å². The van der Waals surface area contributed by atoms with Gasteiger partial charge < -0.3 is 5.32 Å². The average Bonchev–Trinajstić information content (AvgIpc) is 3.35. The molecule has 8 heteroatoms. The molecule has 6 nitrogen and oxygen atoms in total. The molecule has 3 aromatic carbocycles. The van der Waals surface area contributed by atoms with Gasteiger partial charge in [-0.1, -0.05) is 54.1 Å². The number of halogens is 1. The van der Waals surface area contributed by atoms with Crippen molar-refractivity contribution in [3.63, 3.8) is 0 Å². The lowest BCUT2D eigenvalue weighted by atomic mass is 10.1. The first-order chi connectivity index (χ1) is 16.8. The summed E-state index contributed by atoms with van der Waals surface area (Å²) in [5, 5.41) is 3.46. The molecule has 0 radical (unpaired) electrons. The van der Waals surface area contributed by atoms with E-state index < -0.39 is 10.0 Å². The summed E-state index contributed by atoms with van der Waals surface area (Å²) in [6.07, 6.45) is 3.68. The van der Waals surface area contributed by atoms with Crippen LogP contribution in [-0.4, -0.2) is 38.6 Å². The van der Waals surface area contributed by atoms with Gasteiger partial charge in [0, 0.05) is 23.7 Å². The minimum atomic E-state index is -3.55. The van der Waals surface area contributed by atoms with E-state index in [1.165, 1.54) is 22.7 Å². The molecule has 3 aromatic rings. The molecular weight excluding hydrogens is 482 g/mol.